The topological polar surface area (TPSA) is 42.0 Å². The zero-order valence-electron chi connectivity index (χ0n) is 11.7. The van der Waals surface area contributed by atoms with Gasteiger partial charge in [0.25, 0.3) is 5.91 Å². The number of pyridine rings is 1. The van der Waals surface area contributed by atoms with Crippen LogP contribution in [0.3, 0.4) is 0 Å². The molecule has 3 aromatic rings. The molecule has 0 unspecified atom stereocenters. The van der Waals surface area contributed by atoms with Crippen LogP contribution in [-0.4, -0.2) is 10.9 Å². The number of rotatable bonds is 2. The maximum absolute atomic E-state index is 13.5. The van der Waals surface area contributed by atoms with Crippen molar-refractivity contribution in [1.29, 1.82) is 0 Å². The summed E-state index contributed by atoms with van der Waals surface area (Å²) in [6.07, 6.45) is 0. The van der Waals surface area contributed by atoms with Gasteiger partial charge in [0.2, 0.25) is 0 Å². The average Bonchev–Trinajstić information content (AvgIpc) is 2.47. The Kier molecular flexibility index (Phi) is 3.90. The van der Waals surface area contributed by atoms with Gasteiger partial charge in [0.15, 0.2) is 0 Å². The van der Waals surface area contributed by atoms with Gasteiger partial charge in [0.05, 0.1) is 11.1 Å². The lowest BCUT2D eigenvalue weighted by atomic mass is 10.1. The maximum atomic E-state index is 13.5. The minimum atomic E-state index is -0.394. The molecule has 3 rings (SSSR count). The molecule has 0 aliphatic heterocycles. The highest BCUT2D eigenvalue weighted by molar-refractivity contribution is 9.10. The monoisotopic (exact) mass is 358 g/mol. The molecule has 5 heteroatoms. The summed E-state index contributed by atoms with van der Waals surface area (Å²) < 4.78 is 14.4. The number of nitrogens with zero attached hydrogens (tertiary/aromatic N) is 1. The molecule has 0 aliphatic carbocycles. The Bertz CT molecular complexity index is 880. The Hall–Kier alpha value is -2.27. The van der Waals surface area contributed by atoms with Gasteiger partial charge in [0, 0.05) is 21.2 Å². The molecule has 0 saturated carbocycles. The van der Waals surface area contributed by atoms with Crippen LogP contribution >= 0.6 is 15.9 Å². The molecule has 0 bridgehead atoms. The lowest BCUT2D eigenvalue weighted by Gasteiger charge is -2.09. The van der Waals surface area contributed by atoms with Gasteiger partial charge in [-0.2, -0.15) is 0 Å². The van der Waals surface area contributed by atoms with Crippen LogP contribution < -0.4 is 5.32 Å². The first-order chi connectivity index (χ1) is 10.5. The van der Waals surface area contributed by atoms with Crippen molar-refractivity contribution >= 4 is 38.4 Å². The summed E-state index contributed by atoms with van der Waals surface area (Å²) in [6, 6.07) is 13.2. The van der Waals surface area contributed by atoms with Gasteiger partial charge in [-0.3, -0.25) is 9.78 Å². The normalized spacial score (nSPS) is 10.7. The summed E-state index contributed by atoms with van der Waals surface area (Å²) in [5.41, 5.74) is 2.37. The first kappa shape index (κ1) is 14.7. The van der Waals surface area contributed by atoms with Crippen LogP contribution in [0, 0.1) is 12.7 Å². The number of hydrogen-bond acceptors (Lipinski definition) is 2. The van der Waals surface area contributed by atoms with Gasteiger partial charge in [-0.1, -0.05) is 22.0 Å². The quantitative estimate of drug-likeness (QED) is 0.721. The molecule has 110 valence electrons. The number of carbonyl (C=O) groups excluding carboxylic acids is 1. The van der Waals surface area contributed by atoms with Crippen molar-refractivity contribution in [2.75, 3.05) is 5.32 Å². The third-order valence-corrected chi connectivity index (χ3v) is 3.72. The van der Waals surface area contributed by atoms with Gasteiger partial charge in [0.1, 0.15) is 5.82 Å². The van der Waals surface area contributed by atoms with Gasteiger partial charge in [-0.15, -0.1) is 0 Å². The molecule has 0 saturated heterocycles. The van der Waals surface area contributed by atoms with Gasteiger partial charge in [-0.05, 0) is 49.4 Å². The zero-order chi connectivity index (χ0) is 15.7. The Labute approximate surface area is 135 Å². The third kappa shape index (κ3) is 2.99. The maximum Gasteiger partial charge on any atom is 0.256 e. The Balaban J connectivity index is 2.05. The number of carbonyl (C=O) groups is 1. The minimum absolute atomic E-state index is 0.292. The van der Waals surface area contributed by atoms with Crippen LogP contribution in [0.4, 0.5) is 10.1 Å². The highest BCUT2D eigenvalue weighted by atomic mass is 79.9. The number of hydrogen-bond donors (Lipinski definition) is 1. The predicted molar refractivity (Wildman–Crippen MR) is 88.5 cm³/mol. The minimum Gasteiger partial charge on any atom is -0.322 e. The Morgan fingerprint density at radius 2 is 2.00 bits per heavy atom. The first-order valence-corrected chi connectivity index (χ1v) is 7.46. The van der Waals surface area contributed by atoms with Crippen molar-refractivity contribution in [2.24, 2.45) is 0 Å². The summed E-state index contributed by atoms with van der Waals surface area (Å²) >= 11 is 3.36. The lowest BCUT2D eigenvalue weighted by molar-refractivity contribution is 0.102. The number of anilines is 1. The summed E-state index contributed by atoms with van der Waals surface area (Å²) in [5.74, 6) is -0.686. The molecule has 1 N–H and O–H groups in total. The molecule has 2 aromatic carbocycles. The van der Waals surface area contributed by atoms with Crippen molar-refractivity contribution in [2.45, 2.75) is 6.92 Å². The smallest absolute Gasteiger partial charge is 0.256 e. The second-order valence-electron chi connectivity index (χ2n) is 4.94. The van der Waals surface area contributed by atoms with Crippen LogP contribution in [0.2, 0.25) is 0 Å². The fourth-order valence-electron chi connectivity index (χ4n) is 2.28. The molecule has 0 aliphatic rings. The van der Waals surface area contributed by atoms with E-state index in [1.54, 1.807) is 31.2 Å². The van der Waals surface area contributed by atoms with Crippen molar-refractivity contribution < 1.29 is 9.18 Å². The molecule has 0 atom stereocenters. The molecule has 0 radical (unpaired) electrons. The van der Waals surface area contributed by atoms with Crippen LogP contribution in [0.15, 0.2) is 53.0 Å². The number of aromatic nitrogens is 1. The van der Waals surface area contributed by atoms with Crippen LogP contribution in [0.1, 0.15) is 16.1 Å². The van der Waals surface area contributed by atoms with E-state index in [-0.39, 0.29) is 5.91 Å². The zero-order valence-corrected chi connectivity index (χ0v) is 13.3. The number of benzene rings is 2. The van der Waals surface area contributed by atoms with E-state index in [0.29, 0.717) is 27.8 Å². The Morgan fingerprint density at radius 3 is 2.77 bits per heavy atom. The summed E-state index contributed by atoms with van der Waals surface area (Å²) in [7, 11) is 0. The number of aryl methyl sites for hydroxylation is 1. The van der Waals surface area contributed by atoms with Gasteiger partial charge >= 0.3 is 0 Å². The van der Waals surface area contributed by atoms with Crippen LogP contribution in [-0.2, 0) is 0 Å². The largest absolute Gasteiger partial charge is 0.322 e. The highest BCUT2D eigenvalue weighted by Gasteiger charge is 2.13. The molecule has 0 fully saturated rings. The number of fused-ring (bicyclic) bond motifs is 1. The fourth-order valence-corrected chi connectivity index (χ4v) is 2.68. The molecule has 1 aromatic heterocycles. The third-order valence-electron chi connectivity index (χ3n) is 3.23. The standard InChI is InChI=1S/C17H12BrFN2O/c1-10-7-15(14-9-12(19)5-6-16(14)20-10)17(22)21-13-4-2-3-11(18)8-13/h2-9H,1H3,(H,21,22). The molecule has 0 spiro atoms. The van der Waals surface area contributed by atoms with E-state index in [4.69, 9.17) is 0 Å². The molecule has 3 nitrogen and oxygen atoms in total. The SMILES string of the molecule is Cc1cc(C(=O)Nc2cccc(Br)c2)c2cc(F)ccc2n1. The second-order valence-corrected chi connectivity index (χ2v) is 5.85. The summed E-state index contributed by atoms with van der Waals surface area (Å²) in [4.78, 5) is 16.9. The summed E-state index contributed by atoms with van der Waals surface area (Å²) in [6.45, 7) is 1.80. The van der Waals surface area contributed by atoms with Crippen molar-refractivity contribution in [3.63, 3.8) is 0 Å². The van der Waals surface area contributed by atoms with E-state index in [1.807, 2.05) is 12.1 Å². The molecule has 22 heavy (non-hydrogen) atoms. The fraction of sp³-hybridized carbons (Fsp3) is 0.0588. The summed E-state index contributed by atoms with van der Waals surface area (Å²) in [5, 5.41) is 3.32. The van der Waals surface area contributed by atoms with E-state index < -0.39 is 5.82 Å². The van der Waals surface area contributed by atoms with Crippen LogP contribution in [0.25, 0.3) is 10.9 Å². The van der Waals surface area contributed by atoms with E-state index in [0.717, 1.165) is 4.47 Å². The molecule has 1 heterocycles. The highest BCUT2D eigenvalue weighted by Crippen LogP contribution is 2.22. The average molecular weight is 359 g/mol. The number of nitrogens with one attached hydrogen (secondary N) is 1. The second kappa shape index (κ2) is 5.85. The lowest BCUT2D eigenvalue weighted by Crippen LogP contribution is -2.13. The molecule has 1 amide bonds. The van der Waals surface area contributed by atoms with Crippen molar-refractivity contribution in [3.8, 4) is 0 Å². The van der Waals surface area contributed by atoms with Crippen LogP contribution in [0.5, 0.6) is 0 Å². The van der Waals surface area contributed by atoms with E-state index in [9.17, 15) is 9.18 Å². The van der Waals surface area contributed by atoms with E-state index in [2.05, 4.69) is 26.2 Å². The molecular formula is C17H12BrFN2O. The van der Waals surface area contributed by atoms with E-state index >= 15 is 0 Å². The Morgan fingerprint density at radius 1 is 1.18 bits per heavy atom. The number of halogens is 2. The van der Waals surface area contributed by atoms with Gasteiger partial charge in [-0.25, -0.2) is 4.39 Å². The van der Waals surface area contributed by atoms with Crippen molar-refractivity contribution in [1.82, 2.24) is 4.98 Å². The predicted octanol–water partition coefficient (Wildman–Crippen LogP) is 4.70. The van der Waals surface area contributed by atoms with Gasteiger partial charge < -0.3 is 5.32 Å². The first-order valence-electron chi connectivity index (χ1n) is 6.67. The molecular weight excluding hydrogens is 347 g/mol. The van der Waals surface area contributed by atoms with Crippen molar-refractivity contribution in [3.05, 3.63) is 70.1 Å². The van der Waals surface area contributed by atoms with E-state index in [1.165, 1.54) is 12.1 Å². The number of amides is 1.